The van der Waals surface area contributed by atoms with Gasteiger partial charge in [0.1, 0.15) is 0 Å². The van der Waals surface area contributed by atoms with Gasteiger partial charge in [0.05, 0.1) is 11.0 Å². The van der Waals surface area contributed by atoms with Crippen LogP contribution in [-0.4, -0.2) is 4.57 Å². The predicted octanol–water partition coefficient (Wildman–Crippen LogP) is 14.4. The molecule has 0 aliphatic heterocycles. The molecule has 9 aromatic carbocycles. The lowest BCUT2D eigenvalue weighted by atomic mass is 9.98. The summed E-state index contributed by atoms with van der Waals surface area (Å²) in [5.41, 5.74) is 14.1. The van der Waals surface area contributed by atoms with Crippen molar-refractivity contribution in [2.45, 2.75) is 0 Å². The van der Waals surface area contributed by atoms with Crippen LogP contribution in [-0.2, 0) is 0 Å². The van der Waals surface area contributed by atoms with Gasteiger partial charge in [-0.2, -0.15) is 0 Å². The van der Waals surface area contributed by atoms with Gasteiger partial charge in [0.15, 0.2) is 0 Å². The monoisotopic (exact) mass is 688 g/mol. The van der Waals surface area contributed by atoms with Gasteiger partial charge in [0.2, 0.25) is 0 Å². The predicted molar refractivity (Wildman–Crippen MR) is 229 cm³/mol. The Bertz CT molecular complexity index is 2900. The fraction of sp³-hybridized carbons (Fsp3) is 0. The lowest BCUT2D eigenvalue weighted by molar-refractivity contribution is 1.18. The fourth-order valence-electron chi connectivity index (χ4n) is 7.98. The molecule has 0 saturated heterocycles. The summed E-state index contributed by atoms with van der Waals surface area (Å²) in [5.74, 6) is 0. The highest BCUT2D eigenvalue weighted by atomic mass is 15.1. The molecule has 0 saturated carbocycles. The molecule has 1 aromatic heterocycles. The molecule has 0 atom stereocenters. The standard InChI is InChI=1S/C52H36N2/c1-3-13-37(14-4-1)38-25-30-44(31-26-38)53(45-32-27-40(28-33-45)48-23-12-16-39-15-7-8-21-47(39)48)46-20-11-17-41(35-46)42-29-34-52-50(36-42)49-22-9-10-24-51(49)54(52)43-18-5-2-6-19-43/h1-36H. The summed E-state index contributed by atoms with van der Waals surface area (Å²) in [7, 11) is 0. The van der Waals surface area contributed by atoms with Crippen LogP contribution in [0.5, 0.6) is 0 Å². The summed E-state index contributed by atoms with van der Waals surface area (Å²) < 4.78 is 2.37. The van der Waals surface area contributed by atoms with Gasteiger partial charge >= 0.3 is 0 Å². The second kappa shape index (κ2) is 13.4. The Hall–Kier alpha value is -7.16. The molecule has 2 nitrogen and oxygen atoms in total. The van der Waals surface area contributed by atoms with E-state index >= 15 is 0 Å². The molecule has 0 radical (unpaired) electrons. The number of hydrogen-bond acceptors (Lipinski definition) is 1. The first-order valence-corrected chi connectivity index (χ1v) is 18.5. The van der Waals surface area contributed by atoms with Crippen molar-refractivity contribution >= 4 is 49.6 Å². The van der Waals surface area contributed by atoms with Crippen molar-refractivity contribution in [3.8, 4) is 39.1 Å². The molecular formula is C52H36N2. The van der Waals surface area contributed by atoms with Crippen LogP contribution in [0.15, 0.2) is 218 Å². The van der Waals surface area contributed by atoms with Gasteiger partial charge in [0.25, 0.3) is 0 Å². The summed E-state index contributed by atoms with van der Waals surface area (Å²) in [6, 6.07) is 78.8. The minimum Gasteiger partial charge on any atom is -0.310 e. The SMILES string of the molecule is c1ccc(-c2ccc(N(c3ccc(-c4cccc5ccccc45)cc3)c3cccc(-c4ccc5c(c4)c4ccccc4n5-c4ccccc4)c3)cc2)cc1. The number of anilines is 3. The van der Waals surface area contributed by atoms with Crippen LogP contribution in [0.3, 0.4) is 0 Å². The Labute approximate surface area is 315 Å². The van der Waals surface area contributed by atoms with Crippen LogP contribution in [0.4, 0.5) is 17.1 Å². The van der Waals surface area contributed by atoms with Crippen LogP contribution in [0, 0.1) is 0 Å². The zero-order chi connectivity index (χ0) is 35.8. The number of rotatable bonds is 7. The number of aromatic nitrogens is 1. The molecule has 0 fully saturated rings. The second-order valence-electron chi connectivity index (χ2n) is 13.8. The largest absolute Gasteiger partial charge is 0.310 e. The van der Waals surface area contributed by atoms with Gasteiger partial charge in [-0.15, -0.1) is 0 Å². The van der Waals surface area contributed by atoms with Gasteiger partial charge in [-0.05, 0) is 111 Å². The van der Waals surface area contributed by atoms with E-state index in [9.17, 15) is 0 Å². The van der Waals surface area contributed by atoms with E-state index in [-0.39, 0.29) is 0 Å². The van der Waals surface area contributed by atoms with Crippen LogP contribution < -0.4 is 4.90 Å². The first-order valence-electron chi connectivity index (χ1n) is 18.5. The van der Waals surface area contributed by atoms with Crippen molar-refractivity contribution in [3.63, 3.8) is 0 Å². The second-order valence-corrected chi connectivity index (χ2v) is 13.8. The smallest absolute Gasteiger partial charge is 0.0541 e. The first-order chi connectivity index (χ1) is 26.8. The van der Waals surface area contributed by atoms with E-state index in [1.807, 2.05) is 0 Å². The van der Waals surface area contributed by atoms with Crippen LogP contribution in [0.1, 0.15) is 0 Å². The zero-order valence-corrected chi connectivity index (χ0v) is 29.7. The molecule has 0 N–H and O–H groups in total. The van der Waals surface area contributed by atoms with Gasteiger partial charge in [-0.25, -0.2) is 0 Å². The van der Waals surface area contributed by atoms with Crippen LogP contribution in [0.2, 0.25) is 0 Å². The number of hydrogen-bond donors (Lipinski definition) is 0. The van der Waals surface area contributed by atoms with Gasteiger partial charge < -0.3 is 9.47 Å². The van der Waals surface area contributed by atoms with E-state index in [1.165, 1.54) is 71.6 Å². The minimum absolute atomic E-state index is 1.10. The highest BCUT2D eigenvalue weighted by Crippen LogP contribution is 2.40. The van der Waals surface area contributed by atoms with E-state index in [2.05, 4.69) is 228 Å². The summed E-state index contributed by atoms with van der Waals surface area (Å²) in [6.45, 7) is 0. The molecule has 10 aromatic rings. The topological polar surface area (TPSA) is 8.17 Å². The summed E-state index contributed by atoms with van der Waals surface area (Å²) in [5, 5.41) is 5.01. The lowest BCUT2D eigenvalue weighted by Gasteiger charge is -2.26. The normalized spacial score (nSPS) is 11.3. The minimum atomic E-state index is 1.10. The molecule has 2 heteroatoms. The third-order valence-electron chi connectivity index (χ3n) is 10.6. The first kappa shape index (κ1) is 31.6. The highest BCUT2D eigenvalue weighted by Gasteiger charge is 2.17. The van der Waals surface area contributed by atoms with Crippen molar-refractivity contribution in [2.75, 3.05) is 4.90 Å². The van der Waals surface area contributed by atoms with E-state index in [4.69, 9.17) is 0 Å². The molecule has 1 heterocycles. The van der Waals surface area contributed by atoms with E-state index in [1.54, 1.807) is 0 Å². The zero-order valence-electron chi connectivity index (χ0n) is 29.7. The Morgan fingerprint density at radius 1 is 0.296 bits per heavy atom. The quantitative estimate of drug-likeness (QED) is 0.162. The number of para-hydroxylation sites is 2. The van der Waals surface area contributed by atoms with E-state index in [0.29, 0.717) is 0 Å². The maximum Gasteiger partial charge on any atom is 0.0541 e. The van der Waals surface area contributed by atoms with Crippen LogP contribution >= 0.6 is 0 Å². The third-order valence-corrected chi connectivity index (χ3v) is 10.6. The van der Waals surface area contributed by atoms with Gasteiger partial charge in [0, 0.05) is 33.5 Å². The molecule has 0 spiro atoms. The molecule has 0 unspecified atom stereocenters. The molecule has 0 aliphatic carbocycles. The fourth-order valence-corrected chi connectivity index (χ4v) is 7.98. The third kappa shape index (κ3) is 5.62. The lowest BCUT2D eigenvalue weighted by Crippen LogP contribution is -2.10. The maximum absolute atomic E-state index is 2.37. The van der Waals surface area contributed by atoms with E-state index < -0.39 is 0 Å². The Balaban J connectivity index is 1.08. The Morgan fingerprint density at radius 2 is 0.833 bits per heavy atom. The van der Waals surface area contributed by atoms with Crippen LogP contribution in [0.25, 0.3) is 71.6 Å². The molecule has 10 rings (SSSR count). The molecule has 0 aliphatic rings. The molecular weight excluding hydrogens is 653 g/mol. The van der Waals surface area contributed by atoms with Crippen molar-refractivity contribution in [1.82, 2.24) is 4.57 Å². The maximum atomic E-state index is 2.37. The summed E-state index contributed by atoms with van der Waals surface area (Å²) >= 11 is 0. The highest BCUT2D eigenvalue weighted by molar-refractivity contribution is 6.10. The van der Waals surface area contributed by atoms with Crippen molar-refractivity contribution < 1.29 is 0 Å². The summed E-state index contributed by atoms with van der Waals surface area (Å²) in [4.78, 5) is 2.37. The average molecular weight is 689 g/mol. The van der Waals surface area contributed by atoms with Crippen molar-refractivity contribution in [1.29, 1.82) is 0 Å². The van der Waals surface area contributed by atoms with Gasteiger partial charge in [-0.3, -0.25) is 0 Å². The summed E-state index contributed by atoms with van der Waals surface area (Å²) in [6.07, 6.45) is 0. The number of nitrogens with zero attached hydrogens (tertiary/aromatic N) is 2. The number of benzene rings is 9. The Kier molecular flexibility index (Phi) is 7.85. The molecule has 0 bridgehead atoms. The van der Waals surface area contributed by atoms with Crippen molar-refractivity contribution in [2.24, 2.45) is 0 Å². The van der Waals surface area contributed by atoms with Crippen molar-refractivity contribution in [3.05, 3.63) is 218 Å². The molecule has 0 amide bonds. The van der Waals surface area contributed by atoms with E-state index in [0.717, 1.165) is 17.1 Å². The average Bonchev–Trinajstić information content (AvgIpc) is 3.58. The van der Waals surface area contributed by atoms with Gasteiger partial charge in [-0.1, -0.05) is 152 Å². The Morgan fingerprint density at radius 3 is 1.61 bits per heavy atom. The number of fused-ring (bicyclic) bond motifs is 4. The molecule has 54 heavy (non-hydrogen) atoms. The molecule has 254 valence electrons.